The number of ether oxygens (including phenoxy) is 1. The number of oxazole rings is 1. The second-order valence-corrected chi connectivity index (χ2v) is 5.88. The predicted molar refractivity (Wildman–Crippen MR) is 99.8 cm³/mol. The van der Waals surface area contributed by atoms with Crippen molar-refractivity contribution in [1.29, 1.82) is 0 Å². The van der Waals surface area contributed by atoms with Crippen LogP contribution in [0.2, 0.25) is 0 Å². The molecule has 0 aliphatic carbocycles. The smallest absolute Gasteiger partial charge is 0.226 e. The van der Waals surface area contributed by atoms with E-state index in [2.05, 4.69) is 10.3 Å². The normalized spacial score (nSPS) is 10.5. The van der Waals surface area contributed by atoms with E-state index in [4.69, 9.17) is 9.15 Å². The average molecular weight is 350 g/mol. The molecule has 0 saturated carbocycles. The molecule has 2 aromatic carbocycles. The summed E-state index contributed by atoms with van der Waals surface area (Å²) in [6.07, 6.45) is 0.180. The van der Waals surface area contributed by atoms with E-state index >= 15 is 0 Å². The van der Waals surface area contributed by atoms with E-state index < -0.39 is 0 Å². The molecule has 5 nitrogen and oxygen atoms in total. The molecular weight excluding hydrogens is 328 g/mol. The molecule has 0 bridgehead atoms. The highest BCUT2D eigenvalue weighted by Crippen LogP contribution is 2.22. The lowest BCUT2D eigenvalue weighted by Crippen LogP contribution is -2.25. The lowest BCUT2D eigenvalue weighted by atomic mass is 10.2. The number of aryl methyl sites for hydroxylation is 1. The van der Waals surface area contributed by atoms with Gasteiger partial charge >= 0.3 is 0 Å². The lowest BCUT2D eigenvalue weighted by molar-refractivity contribution is -0.120. The van der Waals surface area contributed by atoms with E-state index in [1.807, 2.05) is 68.4 Å². The third-order valence-corrected chi connectivity index (χ3v) is 3.99. The Morgan fingerprint density at radius 2 is 1.85 bits per heavy atom. The summed E-state index contributed by atoms with van der Waals surface area (Å²) < 4.78 is 11.3. The zero-order valence-corrected chi connectivity index (χ0v) is 15.0. The topological polar surface area (TPSA) is 64.4 Å². The summed E-state index contributed by atoms with van der Waals surface area (Å²) in [6, 6.07) is 17.3. The van der Waals surface area contributed by atoms with E-state index in [0.717, 1.165) is 16.9 Å². The van der Waals surface area contributed by atoms with Crippen molar-refractivity contribution in [3.05, 3.63) is 71.6 Å². The first kappa shape index (κ1) is 17.7. The monoisotopic (exact) mass is 350 g/mol. The Labute approximate surface area is 153 Å². The molecule has 26 heavy (non-hydrogen) atoms. The first-order valence-corrected chi connectivity index (χ1v) is 8.66. The molecule has 1 aromatic heterocycles. The molecule has 0 atom stereocenters. The summed E-state index contributed by atoms with van der Waals surface area (Å²) in [5.74, 6) is 1.88. The highest BCUT2D eigenvalue weighted by molar-refractivity contribution is 5.78. The fraction of sp³-hybridized carbons (Fsp3) is 0.238. The maximum Gasteiger partial charge on any atom is 0.226 e. The van der Waals surface area contributed by atoms with Crippen molar-refractivity contribution in [2.24, 2.45) is 0 Å². The first-order chi connectivity index (χ1) is 12.7. The van der Waals surface area contributed by atoms with Gasteiger partial charge in [-0.3, -0.25) is 4.79 Å². The van der Waals surface area contributed by atoms with Gasteiger partial charge in [0.25, 0.3) is 0 Å². The summed E-state index contributed by atoms with van der Waals surface area (Å²) in [6.45, 7) is 4.77. The van der Waals surface area contributed by atoms with E-state index in [-0.39, 0.29) is 12.3 Å². The lowest BCUT2D eigenvalue weighted by Gasteiger charge is -2.10. The summed E-state index contributed by atoms with van der Waals surface area (Å²) in [5, 5.41) is 2.92. The highest BCUT2D eigenvalue weighted by Gasteiger charge is 2.15. The maximum atomic E-state index is 12.3. The van der Waals surface area contributed by atoms with Crippen LogP contribution in [0.4, 0.5) is 0 Å². The number of hydrogen-bond acceptors (Lipinski definition) is 4. The molecule has 3 rings (SSSR count). The SMILES string of the molecule is CCOc1ccccc1CNC(=O)Cc1nc(-c2ccccc2)oc1C. The average Bonchev–Trinajstić information content (AvgIpc) is 3.02. The molecule has 0 radical (unpaired) electrons. The summed E-state index contributed by atoms with van der Waals surface area (Å²) in [7, 11) is 0. The van der Waals surface area contributed by atoms with Crippen molar-refractivity contribution in [2.45, 2.75) is 26.8 Å². The Morgan fingerprint density at radius 3 is 2.62 bits per heavy atom. The highest BCUT2D eigenvalue weighted by atomic mass is 16.5. The minimum atomic E-state index is -0.104. The van der Waals surface area contributed by atoms with Gasteiger partial charge in [-0.1, -0.05) is 36.4 Å². The molecule has 5 heteroatoms. The largest absolute Gasteiger partial charge is 0.494 e. The number of para-hydroxylation sites is 1. The van der Waals surface area contributed by atoms with Crippen LogP contribution in [0, 0.1) is 6.92 Å². The molecule has 1 amide bonds. The number of aromatic nitrogens is 1. The van der Waals surface area contributed by atoms with Crippen LogP contribution in [-0.2, 0) is 17.8 Å². The molecule has 0 unspecified atom stereocenters. The molecule has 0 saturated heterocycles. The van der Waals surface area contributed by atoms with E-state index in [1.54, 1.807) is 0 Å². The van der Waals surface area contributed by atoms with Crippen LogP contribution < -0.4 is 10.1 Å². The minimum Gasteiger partial charge on any atom is -0.494 e. The van der Waals surface area contributed by atoms with Crippen molar-refractivity contribution < 1.29 is 13.9 Å². The van der Waals surface area contributed by atoms with Crippen LogP contribution in [0.1, 0.15) is 23.9 Å². The fourth-order valence-corrected chi connectivity index (χ4v) is 2.65. The van der Waals surface area contributed by atoms with Crippen LogP contribution in [-0.4, -0.2) is 17.5 Å². The van der Waals surface area contributed by atoms with Crippen molar-refractivity contribution in [1.82, 2.24) is 10.3 Å². The van der Waals surface area contributed by atoms with Crippen LogP contribution >= 0.6 is 0 Å². The third kappa shape index (κ3) is 4.30. The minimum absolute atomic E-state index is 0.104. The predicted octanol–water partition coefficient (Wildman–Crippen LogP) is 3.91. The Balaban J connectivity index is 1.63. The summed E-state index contributed by atoms with van der Waals surface area (Å²) in [4.78, 5) is 16.8. The third-order valence-electron chi connectivity index (χ3n) is 3.99. The molecule has 3 aromatic rings. The molecule has 1 heterocycles. The number of benzene rings is 2. The van der Waals surface area contributed by atoms with Gasteiger partial charge in [-0.25, -0.2) is 4.98 Å². The first-order valence-electron chi connectivity index (χ1n) is 8.66. The number of nitrogens with one attached hydrogen (secondary N) is 1. The van der Waals surface area contributed by atoms with E-state index in [1.165, 1.54) is 0 Å². The zero-order chi connectivity index (χ0) is 18.4. The molecular formula is C21H22N2O3. The standard InChI is InChI=1S/C21H22N2O3/c1-3-25-19-12-8-7-11-17(19)14-22-20(24)13-18-15(2)26-21(23-18)16-9-5-4-6-10-16/h4-12H,3,13-14H2,1-2H3,(H,22,24). The maximum absolute atomic E-state index is 12.3. The van der Waals surface area contributed by atoms with Crippen molar-refractivity contribution in [3.8, 4) is 17.2 Å². The molecule has 0 spiro atoms. The molecule has 0 fully saturated rings. The molecule has 134 valence electrons. The molecule has 1 N–H and O–H groups in total. The van der Waals surface area contributed by atoms with Crippen molar-refractivity contribution >= 4 is 5.91 Å². The number of carbonyl (C=O) groups is 1. The van der Waals surface area contributed by atoms with Gasteiger partial charge in [0.1, 0.15) is 11.5 Å². The fourth-order valence-electron chi connectivity index (χ4n) is 2.65. The van der Waals surface area contributed by atoms with Crippen molar-refractivity contribution in [2.75, 3.05) is 6.61 Å². The Bertz CT molecular complexity index is 872. The van der Waals surface area contributed by atoms with Gasteiger partial charge in [0.05, 0.1) is 18.7 Å². The Hall–Kier alpha value is -3.08. The summed E-state index contributed by atoms with van der Waals surface area (Å²) in [5.41, 5.74) is 2.50. The number of hydrogen-bond donors (Lipinski definition) is 1. The van der Waals surface area contributed by atoms with Crippen LogP contribution in [0.5, 0.6) is 5.75 Å². The Kier molecular flexibility index (Phi) is 5.69. The van der Waals surface area contributed by atoms with Crippen LogP contribution in [0.3, 0.4) is 0 Å². The van der Waals surface area contributed by atoms with Gasteiger partial charge in [0, 0.05) is 17.7 Å². The second-order valence-electron chi connectivity index (χ2n) is 5.88. The number of carbonyl (C=O) groups excluding carboxylic acids is 1. The van der Waals surface area contributed by atoms with Gasteiger partial charge in [-0.2, -0.15) is 0 Å². The Morgan fingerprint density at radius 1 is 1.12 bits per heavy atom. The number of nitrogens with zero attached hydrogens (tertiary/aromatic N) is 1. The van der Waals surface area contributed by atoms with Gasteiger partial charge in [0.15, 0.2) is 0 Å². The van der Waals surface area contributed by atoms with Gasteiger partial charge in [0.2, 0.25) is 11.8 Å². The van der Waals surface area contributed by atoms with Gasteiger partial charge in [-0.05, 0) is 32.0 Å². The zero-order valence-electron chi connectivity index (χ0n) is 15.0. The summed E-state index contributed by atoms with van der Waals surface area (Å²) >= 11 is 0. The number of rotatable bonds is 7. The van der Waals surface area contributed by atoms with E-state index in [0.29, 0.717) is 30.5 Å². The van der Waals surface area contributed by atoms with Crippen LogP contribution in [0.25, 0.3) is 11.5 Å². The van der Waals surface area contributed by atoms with Gasteiger partial charge in [-0.15, -0.1) is 0 Å². The molecule has 0 aliphatic rings. The second kappa shape index (κ2) is 8.34. The van der Waals surface area contributed by atoms with E-state index in [9.17, 15) is 4.79 Å². The molecule has 0 aliphatic heterocycles. The number of amides is 1. The van der Waals surface area contributed by atoms with Crippen LogP contribution in [0.15, 0.2) is 59.0 Å². The quantitative estimate of drug-likeness (QED) is 0.702. The van der Waals surface area contributed by atoms with Gasteiger partial charge < -0.3 is 14.5 Å². The van der Waals surface area contributed by atoms with Crippen molar-refractivity contribution in [3.63, 3.8) is 0 Å².